The predicted molar refractivity (Wildman–Crippen MR) is 55.5 cm³/mol. The van der Waals surface area contributed by atoms with Crippen molar-refractivity contribution in [2.24, 2.45) is 0 Å². The molecule has 3 heterocycles. The summed E-state index contributed by atoms with van der Waals surface area (Å²) in [5, 5.41) is 16.9. The van der Waals surface area contributed by atoms with Crippen LogP contribution in [-0.4, -0.2) is 42.9 Å². The third kappa shape index (κ3) is 1.28. The summed E-state index contributed by atoms with van der Waals surface area (Å²) in [7, 11) is 0. The van der Waals surface area contributed by atoms with E-state index < -0.39 is 5.97 Å². The van der Waals surface area contributed by atoms with Crippen LogP contribution < -0.4 is 0 Å². The molecule has 1 aromatic heterocycles. The van der Waals surface area contributed by atoms with Crippen LogP contribution in [0.5, 0.6) is 0 Å². The molecular formula is C10H10N4O3. The molecule has 0 unspecified atom stereocenters. The molecule has 0 bridgehead atoms. The summed E-state index contributed by atoms with van der Waals surface area (Å²) in [6, 6.07) is -0.0203. The molecule has 0 radical (unpaired) electrons. The van der Waals surface area contributed by atoms with Gasteiger partial charge in [-0.25, -0.2) is 9.48 Å². The van der Waals surface area contributed by atoms with Crippen molar-refractivity contribution in [1.82, 2.24) is 19.9 Å². The number of aromatic nitrogens is 3. The molecule has 2 aliphatic heterocycles. The minimum absolute atomic E-state index is 0.0203. The summed E-state index contributed by atoms with van der Waals surface area (Å²) in [5.74, 6) is -1.23. The van der Waals surface area contributed by atoms with Crippen LogP contribution in [0.1, 0.15) is 18.5 Å². The van der Waals surface area contributed by atoms with Crippen molar-refractivity contribution in [2.75, 3.05) is 0 Å². The van der Waals surface area contributed by atoms with Crippen LogP contribution in [0.15, 0.2) is 11.9 Å². The maximum atomic E-state index is 11.4. The lowest BCUT2D eigenvalue weighted by Crippen LogP contribution is -2.49. The highest BCUT2D eigenvalue weighted by Gasteiger charge is 2.48. The summed E-state index contributed by atoms with van der Waals surface area (Å²) in [5.41, 5.74) is 1.29. The lowest BCUT2D eigenvalue weighted by Gasteiger charge is -2.34. The van der Waals surface area contributed by atoms with E-state index in [4.69, 9.17) is 0 Å². The van der Waals surface area contributed by atoms with E-state index in [0.717, 1.165) is 0 Å². The quantitative estimate of drug-likeness (QED) is 0.718. The number of hydrogen-bond acceptors (Lipinski definition) is 4. The van der Waals surface area contributed by atoms with Gasteiger partial charge in [0.15, 0.2) is 5.70 Å². The van der Waals surface area contributed by atoms with E-state index in [9.17, 15) is 14.7 Å². The van der Waals surface area contributed by atoms with E-state index in [2.05, 4.69) is 10.3 Å². The molecule has 0 aliphatic carbocycles. The Hall–Kier alpha value is -2.18. The van der Waals surface area contributed by atoms with E-state index in [1.54, 1.807) is 13.1 Å². The molecule has 2 aliphatic rings. The summed E-state index contributed by atoms with van der Waals surface area (Å²) >= 11 is 0. The standard InChI is InChI=1S/C10H10N4O3/c1-5-4-13(12-11-5)7-2-6-3-8(15)14(6)9(7)10(16)17/h4,6H,2-3H2,1H3,(H,16,17)/t6-/m1/s1. The largest absolute Gasteiger partial charge is 0.477 e. The predicted octanol–water partition coefficient (Wildman–Crippen LogP) is -0.156. The van der Waals surface area contributed by atoms with Gasteiger partial charge in [-0.05, 0) is 6.92 Å². The highest BCUT2D eigenvalue weighted by molar-refractivity contribution is 6.02. The molecule has 0 saturated carbocycles. The smallest absolute Gasteiger partial charge is 0.354 e. The molecule has 1 atom stereocenters. The number of rotatable bonds is 2. The van der Waals surface area contributed by atoms with Gasteiger partial charge >= 0.3 is 5.97 Å². The molecule has 7 heteroatoms. The zero-order valence-corrected chi connectivity index (χ0v) is 9.12. The first-order valence-electron chi connectivity index (χ1n) is 5.25. The lowest BCUT2D eigenvalue weighted by molar-refractivity contribution is -0.147. The first kappa shape index (κ1) is 10.0. The van der Waals surface area contributed by atoms with Crippen LogP contribution in [0, 0.1) is 6.92 Å². The number of carboxylic acid groups (broad SMARTS) is 1. The fourth-order valence-electron chi connectivity index (χ4n) is 2.32. The summed E-state index contributed by atoms with van der Waals surface area (Å²) in [6.45, 7) is 1.78. The van der Waals surface area contributed by atoms with Crippen LogP contribution >= 0.6 is 0 Å². The number of aryl methyl sites for hydroxylation is 1. The van der Waals surface area contributed by atoms with Gasteiger partial charge in [-0.1, -0.05) is 5.21 Å². The third-order valence-electron chi connectivity index (χ3n) is 3.07. The molecule has 7 nitrogen and oxygen atoms in total. The number of carbonyl (C=O) groups excluding carboxylic acids is 1. The summed E-state index contributed by atoms with van der Waals surface area (Å²) in [6.07, 6.45) is 2.60. The molecule has 0 spiro atoms. The lowest BCUT2D eigenvalue weighted by atomic mass is 10.0. The molecule has 3 rings (SSSR count). The molecule has 1 fully saturated rings. The minimum Gasteiger partial charge on any atom is -0.477 e. The molecular weight excluding hydrogens is 224 g/mol. The molecule has 17 heavy (non-hydrogen) atoms. The number of β-lactam (4-membered cyclic amide) rings is 1. The van der Waals surface area contributed by atoms with Crippen molar-refractivity contribution in [1.29, 1.82) is 0 Å². The number of carboxylic acids is 1. The van der Waals surface area contributed by atoms with Crippen molar-refractivity contribution in [3.05, 3.63) is 17.6 Å². The Morgan fingerprint density at radius 2 is 2.29 bits per heavy atom. The van der Waals surface area contributed by atoms with Crippen LogP contribution in [0.3, 0.4) is 0 Å². The number of aliphatic carboxylic acids is 1. The van der Waals surface area contributed by atoms with E-state index in [-0.39, 0.29) is 17.6 Å². The molecule has 1 aromatic rings. The van der Waals surface area contributed by atoms with Crippen molar-refractivity contribution < 1.29 is 14.7 Å². The van der Waals surface area contributed by atoms with Crippen molar-refractivity contribution >= 4 is 17.6 Å². The molecule has 0 aromatic carbocycles. The van der Waals surface area contributed by atoms with Crippen LogP contribution in [0.4, 0.5) is 0 Å². The molecule has 1 saturated heterocycles. The zero-order valence-electron chi connectivity index (χ0n) is 9.12. The first-order valence-corrected chi connectivity index (χ1v) is 5.25. The van der Waals surface area contributed by atoms with Gasteiger partial charge in [0.2, 0.25) is 5.91 Å². The monoisotopic (exact) mass is 234 g/mol. The zero-order chi connectivity index (χ0) is 12.2. The average Bonchev–Trinajstić information content (AvgIpc) is 2.78. The van der Waals surface area contributed by atoms with Gasteiger partial charge in [0.25, 0.3) is 0 Å². The third-order valence-corrected chi connectivity index (χ3v) is 3.07. The fourth-order valence-corrected chi connectivity index (χ4v) is 2.32. The summed E-state index contributed by atoms with van der Waals surface area (Å²) < 4.78 is 1.45. The van der Waals surface area contributed by atoms with Crippen molar-refractivity contribution in [3.8, 4) is 0 Å². The first-order chi connectivity index (χ1) is 8.08. The van der Waals surface area contributed by atoms with E-state index in [1.165, 1.54) is 9.58 Å². The molecule has 88 valence electrons. The van der Waals surface area contributed by atoms with Gasteiger partial charge in [-0.15, -0.1) is 5.10 Å². The Labute approximate surface area is 96.3 Å². The SMILES string of the molecule is Cc1cn(C2=C(C(=O)O)N3C(=O)C[C@H]3C2)nn1. The average molecular weight is 234 g/mol. The van der Waals surface area contributed by atoms with Gasteiger partial charge in [-0.3, -0.25) is 4.79 Å². The van der Waals surface area contributed by atoms with Gasteiger partial charge in [0, 0.05) is 12.8 Å². The normalized spacial score (nSPS) is 22.8. The number of amides is 1. The van der Waals surface area contributed by atoms with Crippen molar-refractivity contribution in [3.63, 3.8) is 0 Å². The number of nitrogens with zero attached hydrogens (tertiary/aromatic N) is 4. The van der Waals surface area contributed by atoms with Crippen molar-refractivity contribution in [2.45, 2.75) is 25.8 Å². The second-order valence-corrected chi connectivity index (χ2v) is 4.23. The van der Waals surface area contributed by atoms with Crippen LogP contribution in [0.2, 0.25) is 0 Å². The number of carbonyl (C=O) groups is 2. The topological polar surface area (TPSA) is 88.3 Å². The maximum absolute atomic E-state index is 11.4. The van der Waals surface area contributed by atoms with Crippen LogP contribution in [0.25, 0.3) is 5.70 Å². The number of fused-ring (bicyclic) bond motifs is 1. The second kappa shape index (κ2) is 3.16. The number of hydrogen-bond donors (Lipinski definition) is 1. The Morgan fingerprint density at radius 1 is 1.53 bits per heavy atom. The summed E-state index contributed by atoms with van der Waals surface area (Å²) in [4.78, 5) is 23.9. The highest BCUT2D eigenvalue weighted by Crippen LogP contribution is 2.39. The van der Waals surface area contributed by atoms with Gasteiger partial charge in [-0.2, -0.15) is 0 Å². The second-order valence-electron chi connectivity index (χ2n) is 4.23. The Bertz CT molecular complexity index is 560. The maximum Gasteiger partial charge on any atom is 0.354 e. The van der Waals surface area contributed by atoms with Gasteiger partial charge in [0.05, 0.1) is 23.6 Å². The van der Waals surface area contributed by atoms with E-state index >= 15 is 0 Å². The Morgan fingerprint density at radius 3 is 2.82 bits per heavy atom. The highest BCUT2D eigenvalue weighted by atomic mass is 16.4. The molecule has 1 N–H and O–H groups in total. The van der Waals surface area contributed by atoms with Gasteiger partial charge in [0.1, 0.15) is 0 Å². The minimum atomic E-state index is -1.09. The molecule has 1 amide bonds. The van der Waals surface area contributed by atoms with E-state index in [0.29, 0.717) is 24.2 Å². The Balaban J connectivity index is 2.09. The van der Waals surface area contributed by atoms with Gasteiger partial charge < -0.3 is 10.0 Å². The van der Waals surface area contributed by atoms with Crippen LogP contribution in [-0.2, 0) is 9.59 Å². The Kier molecular flexibility index (Phi) is 1.86. The van der Waals surface area contributed by atoms with E-state index in [1.807, 2.05) is 0 Å². The fraction of sp³-hybridized carbons (Fsp3) is 0.400.